The summed E-state index contributed by atoms with van der Waals surface area (Å²) >= 11 is 7.48. The van der Waals surface area contributed by atoms with Crippen LogP contribution in [0, 0.1) is 0 Å². The van der Waals surface area contributed by atoms with E-state index in [0.717, 1.165) is 34.2 Å². The third kappa shape index (κ3) is 5.82. The zero-order valence-electron chi connectivity index (χ0n) is 20.9. The molecule has 2 aromatic heterocycles. The number of carbonyl (C=O) groups excluding carboxylic acids is 1. The number of rotatable bonds is 5. The van der Waals surface area contributed by atoms with E-state index in [4.69, 9.17) is 16.6 Å². The van der Waals surface area contributed by atoms with Crippen molar-refractivity contribution < 1.29 is 13.2 Å². The van der Waals surface area contributed by atoms with Crippen LogP contribution in [-0.4, -0.2) is 65.7 Å². The van der Waals surface area contributed by atoms with Gasteiger partial charge in [0.05, 0.1) is 10.6 Å². The second kappa shape index (κ2) is 11.5. The first-order valence-corrected chi connectivity index (χ1v) is 15.1. The molecule has 4 heterocycles. The van der Waals surface area contributed by atoms with Crippen LogP contribution in [-0.2, 0) is 29.4 Å². The molecule has 0 bridgehead atoms. The number of fused-ring (bicyclic) bond motifs is 2. The van der Waals surface area contributed by atoms with Crippen LogP contribution in [0.3, 0.4) is 0 Å². The van der Waals surface area contributed by atoms with Gasteiger partial charge in [-0.2, -0.15) is 4.31 Å². The summed E-state index contributed by atoms with van der Waals surface area (Å²) < 4.78 is 28.1. The Kier molecular flexibility index (Phi) is 8.23. The van der Waals surface area contributed by atoms with E-state index < -0.39 is 10.0 Å². The Morgan fingerprint density at radius 3 is 2.62 bits per heavy atom. The number of pyridine rings is 1. The average molecular weight is 605 g/mol. The summed E-state index contributed by atoms with van der Waals surface area (Å²) in [6.07, 6.45) is 5.26. The van der Waals surface area contributed by atoms with E-state index >= 15 is 0 Å². The fourth-order valence-electron chi connectivity index (χ4n) is 5.03. The number of carbonyl (C=O) groups is 1. The maximum absolute atomic E-state index is 13.3. The van der Waals surface area contributed by atoms with Crippen molar-refractivity contribution >= 4 is 62.0 Å². The van der Waals surface area contributed by atoms with Crippen LogP contribution in [0.2, 0.25) is 5.02 Å². The zero-order valence-corrected chi connectivity index (χ0v) is 24.1. The maximum Gasteiger partial charge on any atom is 0.282 e. The minimum atomic E-state index is -3.68. The fraction of sp³-hybridized carbons (Fsp3) is 0.296. The third-order valence-electron chi connectivity index (χ3n) is 7.09. The molecule has 6 rings (SSSR count). The van der Waals surface area contributed by atoms with Crippen molar-refractivity contribution in [3.63, 3.8) is 0 Å². The van der Waals surface area contributed by atoms with Gasteiger partial charge in [-0.15, -0.1) is 23.7 Å². The van der Waals surface area contributed by atoms with Crippen molar-refractivity contribution in [3.05, 3.63) is 87.1 Å². The number of nitrogens with zero attached hydrogens (tertiary/aromatic N) is 4. The van der Waals surface area contributed by atoms with Gasteiger partial charge in [-0.3, -0.25) is 9.78 Å². The van der Waals surface area contributed by atoms with E-state index in [-0.39, 0.29) is 42.3 Å². The summed E-state index contributed by atoms with van der Waals surface area (Å²) in [6.45, 7) is 1.83. The van der Waals surface area contributed by atoms with Gasteiger partial charge >= 0.3 is 0 Å². The van der Waals surface area contributed by atoms with E-state index in [1.165, 1.54) is 21.2 Å². The number of hydrogen-bond donors (Lipinski definition) is 1. The fourth-order valence-corrected chi connectivity index (χ4v) is 7.68. The monoisotopic (exact) mass is 603 g/mol. The summed E-state index contributed by atoms with van der Waals surface area (Å²) in [6, 6.07) is 14.7. The second-order valence-electron chi connectivity index (χ2n) is 9.59. The highest BCUT2D eigenvalue weighted by Gasteiger charge is 2.32. The van der Waals surface area contributed by atoms with Crippen molar-refractivity contribution in [2.45, 2.75) is 30.3 Å². The van der Waals surface area contributed by atoms with Gasteiger partial charge in [0.25, 0.3) is 5.91 Å². The van der Waals surface area contributed by atoms with E-state index in [1.54, 1.807) is 35.4 Å². The summed E-state index contributed by atoms with van der Waals surface area (Å²) in [5.41, 5.74) is 2.14. The SMILES string of the molecule is Cl.O=C(c1nc2c(s1)CNC(Cc1cccnc1)C2)N1CCN(S(=O)(=O)c2ccc3cc(Cl)ccc3c2)CC1. The molecule has 2 aliphatic rings. The molecule has 0 aliphatic carbocycles. The Morgan fingerprint density at radius 2 is 1.85 bits per heavy atom. The number of amides is 1. The van der Waals surface area contributed by atoms with Crippen LogP contribution in [0.1, 0.15) is 25.9 Å². The van der Waals surface area contributed by atoms with Gasteiger partial charge in [0, 0.05) is 67.5 Å². The molecule has 39 heavy (non-hydrogen) atoms. The highest BCUT2D eigenvalue weighted by Crippen LogP contribution is 2.28. The van der Waals surface area contributed by atoms with E-state index in [1.807, 2.05) is 24.4 Å². The van der Waals surface area contributed by atoms with E-state index in [2.05, 4.69) is 16.4 Å². The molecule has 1 saturated heterocycles. The Hall–Kier alpha value is -2.60. The molecule has 8 nitrogen and oxygen atoms in total. The minimum absolute atomic E-state index is 0. The summed E-state index contributed by atoms with van der Waals surface area (Å²) in [4.78, 5) is 25.2. The van der Waals surface area contributed by atoms with Gasteiger partial charge < -0.3 is 10.2 Å². The van der Waals surface area contributed by atoms with Crippen molar-refractivity contribution in [3.8, 4) is 0 Å². The topological polar surface area (TPSA) is 95.5 Å². The highest BCUT2D eigenvalue weighted by atomic mass is 35.5. The van der Waals surface area contributed by atoms with Gasteiger partial charge in [0.2, 0.25) is 10.0 Å². The molecule has 1 fully saturated rings. The van der Waals surface area contributed by atoms with E-state index in [0.29, 0.717) is 29.7 Å². The lowest BCUT2D eigenvalue weighted by molar-refractivity contribution is 0.0697. The second-order valence-corrected chi connectivity index (χ2v) is 13.0. The zero-order chi connectivity index (χ0) is 26.3. The lowest BCUT2D eigenvalue weighted by Crippen LogP contribution is -2.50. The van der Waals surface area contributed by atoms with Gasteiger partial charge in [-0.1, -0.05) is 29.8 Å². The summed E-state index contributed by atoms with van der Waals surface area (Å²) in [5.74, 6) is -0.132. The molecule has 0 radical (unpaired) electrons. The molecule has 0 spiro atoms. The molecular weight excluding hydrogens is 577 g/mol. The predicted octanol–water partition coefficient (Wildman–Crippen LogP) is 4.17. The number of aromatic nitrogens is 2. The van der Waals surface area contributed by atoms with Crippen LogP contribution in [0.15, 0.2) is 65.8 Å². The summed E-state index contributed by atoms with van der Waals surface area (Å²) in [5, 5.41) is 6.33. The molecule has 204 valence electrons. The molecule has 0 saturated carbocycles. The molecule has 4 aromatic rings. The largest absolute Gasteiger partial charge is 0.334 e. The normalized spacial score (nSPS) is 18.0. The molecule has 1 amide bonds. The molecule has 2 aliphatic heterocycles. The van der Waals surface area contributed by atoms with Gasteiger partial charge in [0.15, 0.2) is 5.01 Å². The highest BCUT2D eigenvalue weighted by molar-refractivity contribution is 7.89. The minimum Gasteiger partial charge on any atom is -0.334 e. The van der Waals surface area contributed by atoms with Crippen molar-refractivity contribution in [2.24, 2.45) is 0 Å². The first-order valence-electron chi connectivity index (χ1n) is 12.5. The standard InChI is InChI=1S/C27H26ClN5O3S2.ClH/c28-21-5-3-20-14-23(6-4-19(20)13-21)38(35,36)33-10-8-32(9-11-33)27(34)26-31-24-15-22(30-17-25(24)37-26)12-18-2-1-7-29-16-18;/h1-7,13-14,16,22,30H,8-12,15,17H2;1H. The lowest BCUT2D eigenvalue weighted by atomic mass is 10.00. The number of benzene rings is 2. The Labute approximate surface area is 242 Å². The first-order chi connectivity index (χ1) is 18.4. The quantitative estimate of drug-likeness (QED) is 0.368. The number of hydrogen-bond acceptors (Lipinski definition) is 7. The Balaban J connectivity index is 0.00000308. The molecule has 1 unspecified atom stereocenters. The van der Waals surface area contributed by atoms with Crippen LogP contribution in [0.4, 0.5) is 0 Å². The first kappa shape index (κ1) is 27.9. The molecule has 1 N–H and O–H groups in total. The number of nitrogens with one attached hydrogen (secondary N) is 1. The average Bonchev–Trinajstić information content (AvgIpc) is 3.36. The summed E-state index contributed by atoms with van der Waals surface area (Å²) in [7, 11) is -3.68. The van der Waals surface area contributed by atoms with Crippen LogP contribution in [0.5, 0.6) is 0 Å². The molecule has 1 atom stereocenters. The molecular formula is C27H27Cl2N5O3S2. The van der Waals surface area contributed by atoms with Gasteiger partial charge in [-0.25, -0.2) is 13.4 Å². The number of piperazine rings is 1. The lowest BCUT2D eigenvalue weighted by Gasteiger charge is -2.33. The Morgan fingerprint density at radius 1 is 1.08 bits per heavy atom. The van der Waals surface area contributed by atoms with Crippen molar-refractivity contribution in [1.29, 1.82) is 0 Å². The Bertz CT molecular complexity index is 1610. The number of sulfonamides is 1. The maximum atomic E-state index is 13.3. The van der Waals surface area contributed by atoms with Gasteiger partial charge in [0.1, 0.15) is 0 Å². The number of thiazole rings is 1. The van der Waals surface area contributed by atoms with Crippen LogP contribution in [0.25, 0.3) is 10.8 Å². The molecule has 2 aromatic carbocycles. The van der Waals surface area contributed by atoms with Gasteiger partial charge in [-0.05, 0) is 53.1 Å². The number of halogens is 2. The predicted molar refractivity (Wildman–Crippen MR) is 155 cm³/mol. The van der Waals surface area contributed by atoms with E-state index in [9.17, 15) is 13.2 Å². The van der Waals surface area contributed by atoms with Crippen molar-refractivity contribution in [1.82, 2.24) is 24.5 Å². The smallest absolute Gasteiger partial charge is 0.282 e. The third-order valence-corrected chi connectivity index (χ3v) is 10.3. The van der Waals surface area contributed by atoms with Crippen LogP contribution < -0.4 is 5.32 Å². The van der Waals surface area contributed by atoms with Crippen LogP contribution >= 0.6 is 35.3 Å². The van der Waals surface area contributed by atoms with Crippen molar-refractivity contribution in [2.75, 3.05) is 26.2 Å². The molecule has 12 heteroatoms.